The molecule has 1 aromatic carbocycles. The van der Waals surface area contributed by atoms with E-state index in [-0.39, 0.29) is 17.3 Å². The van der Waals surface area contributed by atoms with Crippen LogP contribution in [0.3, 0.4) is 0 Å². The maximum Gasteiger partial charge on any atom is 0.271 e. The van der Waals surface area contributed by atoms with Crippen molar-refractivity contribution in [1.29, 1.82) is 0 Å². The SMILES string of the molecule is NC(=O)c1ncc(N[C@@H](C(N)=O)c2ccccc2)nc1Nc1cnc2cccnc2c1. The number of hydrogen-bond acceptors (Lipinski definition) is 8. The van der Waals surface area contributed by atoms with Crippen molar-refractivity contribution in [2.75, 3.05) is 10.6 Å². The number of nitrogens with one attached hydrogen (secondary N) is 2. The number of primary amides is 2. The van der Waals surface area contributed by atoms with Crippen molar-refractivity contribution in [2.45, 2.75) is 6.04 Å². The summed E-state index contributed by atoms with van der Waals surface area (Å²) in [4.78, 5) is 40.9. The van der Waals surface area contributed by atoms with Crippen LogP contribution < -0.4 is 22.1 Å². The van der Waals surface area contributed by atoms with Crippen LogP contribution in [0.2, 0.25) is 0 Å². The molecule has 1 atom stereocenters. The molecule has 2 amide bonds. The van der Waals surface area contributed by atoms with Crippen LogP contribution in [-0.4, -0.2) is 31.8 Å². The van der Waals surface area contributed by atoms with Crippen molar-refractivity contribution in [3.05, 3.63) is 78.4 Å². The van der Waals surface area contributed by atoms with Gasteiger partial charge in [-0.05, 0) is 23.8 Å². The smallest absolute Gasteiger partial charge is 0.271 e. The Hall–Kier alpha value is -4.60. The predicted molar refractivity (Wildman–Crippen MR) is 115 cm³/mol. The van der Waals surface area contributed by atoms with Crippen LogP contribution in [0.25, 0.3) is 11.0 Å². The predicted octanol–water partition coefficient (Wildman–Crippen LogP) is 1.90. The number of benzene rings is 1. The lowest BCUT2D eigenvalue weighted by atomic mass is 10.1. The first-order valence-corrected chi connectivity index (χ1v) is 9.26. The molecular formula is C21H18N8O2. The highest BCUT2D eigenvalue weighted by atomic mass is 16.1. The van der Waals surface area contributed by atoms with Crippen molar-refractivity contribution >= 4 is 40.2 Å². The average molecular weight is 414 g/mol. The van der Waals surface area contributed by atoms with Gasteiger partial charge in [0.05, 0.1) is 29.1 Å². The van der Waals surface area contributed by atoms with Gasteiger partial charge in [-0.1, -0.05) is 30.3 Å². The molecule has 0 saturated heterocycles. The topological polar surface area (TPSA) is 162 Å². The summed E-state index contributed by atoms with van der Waals surface area (Å²) >= 11 is 0. The van der Waals surface area contributed by atoms with Gasteiger partial charge in [0.2, 0.25) is 5.91 Å². The molecule has 4 rings (SSSR count). The van der Waals surface area contributed by atoms with E-state index < -0.39 is 17.9 Å². The summed E-state index contributed by atoms with van der Waals surface area (Å²) in [7, 11) is 0. The number of hydrogen-bond donors (Lipinski definition) is 4. The Morgan fingerprint density at radius 1 is 0.903 bits per heavy atom. The Bertz CT molecular complexity index is 1260. The van der Waals surface area contributed by atoms with Crippen molar-refractivity contribution in [3.63, 3.8) is 0 Å². The van der Waals surface area contributed by atoms with Crippen LogP contribution in [0, 0.1) is 0 Å². The molecule has 154 valence electrons. The van der Waals surface area contributed by atoms with Gasteiger partial charge in [-0.25, -0.2) is 9.97 Å². The second kappa shape index (κ2) is 8.41. The molecule has 0 spiro atoms. The van der Waals surface area contributed by atoms with Crippen LogP contribution in [0.4, 0.5) is 17.3 Å². The Morgan fingerprint density at radius 2 is 1.71 bits per heavy atom. The van der Waals surface area contributed by atoms with E-state index in [1.165, 1.54) is 6.20 Å². The van der Waals surface area contributed by atoms with Gasteiger partial charge in [-0.15, -0.1) is 0 Å². The molecule has 0 fully saturated rings. The second-order valence-corrected chi connectivity index (χ2v) is 6.60. The third-order valence-corrected chi connectivity index (χ3v) is 4.43. The molecule has 10 heteroatoms. The lowest BCUT2D eigenvalue weighted by molar-refractivity contribution is -0.118. The molecule has 10 nitrogen and oxygen atoms in total. The number of nitrogens with two attached hydrogens (primary N) is 2. The number of anilines is 3. The standard InChI is InChI=1S/C21H18N8O2/c22-19(30)17(12-5-2-1-3-6-12)28-16-11-26-18(20(23)31)21(29-16)27-13-9-15-14(25-10-13)7-4-8-24-15/h1-11,17H,(H2,22,30)(H2,23,31)(H2,27,28,29)/t17-/m1/s1. The van der Waals surface area contributed by atoms with Gasteiger partial charge in [0.25, 0.3) is 5.91 Å². The normalized spacial score (nSPS) is 11.6. The fourth-order valence-electron chi connectivity index (χ4n) is 3.00. The van der Waals surface area contributed by atoms with E-state index >= 15 is 0 Å². The number of amides is 2. The Labute approximate surface area is 176 Å². The van der Waals surface area contributed by atoms with Crippen molar-refractivity contribution < 1.29 is 9.59 Å². The Morgan fingerprint density at radius 3 is 2.45 bits per heavy atom. The van der Waals surface area contributed by atoms with E-state index in [9.17, 15) is 9.59 Å². The first-order chi connectivity index (χ1) is 15.0. The number of rotatable bonds is 7. The number of aromatic nitrogens is 4. The Balaban J connectivity index is 1.67. The van der Waals surface area contributed by atoms with Gasteiger partial charge < -0.3 is 22.1 Å². The highest BCUT2D eigenvalue weighted by Crippen LogP contribution is 2.23. The molecule has 3 aromatic heterocycles. The van der Waals surface area contributed by atoms with Gasteiger partial charge in [-0.3, -0.25) is 19.6 Å². The minimum atomic E-state index is -0.839. The Kier molecular flexibility index (Phi) is 5.35. The second-order valence-electron chi connectivity index (χ2n) is 6.60. The van der Waals surface area contributed by atoms with E-state index in [4.69, 9.17) is 11.5 Å². The molecule has 31 heavy (non-hydrogen) atoms. The van der Waals surface area contributed by atoms with Crippen LogP contribution in [-0.2, 0) is 4.79 Å². The lowest BCUT2D eigenvalue weighted by Crippen LogP contribution is -2.28. The average Bonchev–Trinajstić information content (AvgIpc) is 2.77. The number of carbonyl (C=O) groups excluding carboxylic acids is 2. The van der Waals surface area contributed by atoms with Crippen LogP contribution in [0.15, 0.2) is 67.1 Å². The number of fused-ring (bicyclic) bond motifs is 1. The highest BCUT2D eigenvalue weighted by molar-refractivity contribution is 5.96. The molecular weight excluding hydrogens is 396 g/mol. The molecule has 0 unspecified atom stereocenters. The van der Waals surface area contributed by atoms with Crippen LogP contribution >= 0.6 is 0 Å². The molecule has 6 N–H and O–H groups in total. The molecule has 0 saturated carbocycles. The zero-order valence-electron chi connectivity index (χ0n) is 16.2. The zero-order valence-corrected chi connectivity index (χ0v) is 16.2. The van der Waals surface area contributed by atoms with E-state index in [0.29, 0.717) is 16.8 Å². The van der Waals surface area contributed by atoms with E-state index in [2.05, 4.69) is 30.6 Å². The van der Waals surface area contributed by atoms with E-state index in [1.54, 1.807) is 48.8 Å². The fraction of sp³-hybridized carbons (Fsp3) is 0.0476. The monoisotopic (exact) mass is 414 g/mol. The third-order valence-electron chi connectivity index (χ3n) is 4.43. The van der Waals surface area contributed by atoms with Gasteiger partial charge in [0.1, 0.15) is 11.9 Å². The highest BCUT2D eigenvalue weighted by Gasteiger charge is 2.20. The molecule has 0 radical (unpaired) electrons. The maximum atomic E-state index is 12.0. The fourth-order valence-corrected chi connectivity index (χ4v) is 3.00. The van der Waals surface area contributed by atoms with Crippen molar-refractivity contribution in [2.24, 2.45) is 11.5 Å². The molecule has 4 aromatic rings. The van der Waals surface area contributed by atoms with Gasteiger partial charge in [0.15, 0.2) is 11.5 Å². The van der Waals surface area contributed by atoms with Gasteiger partial charge >= 0.3 is 0 Å². The zero-order chi connectivity index (χ0) is 21.8. The summed E-state index contributed by atoms with van der Waals surface area (Å²) in [5, 5.41) is 5.94. The minimum Gasteiger partial charge on any atom is -0.368 e. The quantitative estimate of drug-likeness (QED) is 0.356. The minimum absolute atomic E-state index is 0.0676. The summed E-state index contributed by atoms with van der Waals surface area (Å²) in [6, 6.07) is 13.5. The number of carbonyl (C=O) groups is 2. The van der Waals surface area contributed by atoms with Gasteiger partial charge in [-0.2, -0.15) is 0 Å². The summed E-state index contributed by atoms with van der Waals surface area (Å²) in [6.45, 7) is 0. The molecule has 0 bridgehead atoms. The molecule has 3 heterocycles. The molecule has 0 aliphatic heterocycles. The first kappa shape index (κ1) is 19.7. The van der Waals surface area contributed by atoms with Crippen molar-refractivity contribution in [1.82, 2.24) is 19.9 Å². The number of pyridine rings is 2. The largest absolute Gasteiger partial charge is 0.368 e. The molecule has 0 aliphatic carbocycles. The summed E-state index contributed by atoms with van der Waals surface area (Å²) in [5.74, 6) is -1.02. The first-order valence-electron chi connectivity index (χ1n) is 9.26. The van der Waals surface area contributed by atoms with Crippen molar-refractivity contribution in [3.8, 4) is 0 Å². The van der Waals surface area contributed by atoms with Crippen LogP contribution in [0.1, 0.15) is 22.1 Å². The van der Waals surface area contributed by atoms with E-state index in [0.717, 1.165) is 5.52 Å². The summed E-state index contributed by atoms with van der Waals surface area (Å²) in [6.07, 6.45) is 4.54. The third kappa shape index (κ3) is 4.37. The van der Waals surface area contributed by atoms with E-state index in [1.807, 2.05) is 12.1 Å². The lowest BCUT2D eigenvalue weighted by Gasteiger charge is -2.17. The number of nitrogens with zero attached hydrogens (tertiary/aromatic N) is 4. The summed E-state index contributed by atoms with van der Waals surface area (Å²) < 4.78 is 0. The van der Waals surface area contributed by atoms with Gasteiger partial charge in [0, 0.05) is 6.20 Å². The van der Waals surface area contributed by atoms with Crippen LogP contribution in [0.5, 0.6) is 0 Å². The summed E-state index contributed by atoms with van der Waals surface area (Å²) in [5.41, 5.74) is 13.5. The molecule has 0 aliphatic rings. The maximum absolute atomic E-state index is 12.0.